The van der Waals surface area contributed by atoms with Crippen molar-refractivity contribution in [1.29, 1.82) is 0 Å². The van der Waals surface area contributed by atoms with E-state index in [0.29, 0.717) is 19.3 Å². The summed E-state index contributed by atoms with van der Waals surface area (Å²) in [5.41, 5.74) is 0. The maximum Gasteiger partial charge on any atom is 0.472 e. The van der Waals surface area contributed by atoms with E-state index < -0.39 is 91.5 Å². The first kappa shape index (κ1) is 106. The molecule has 0 radical (unpaired) electrons. The lowest BCUT2D eigenvalue weighted by molar-refractivity contribution is -0.161. The number of carbonyl (C=O) groups is 3. The number of rotatable bonds is 83. The summed E-state index contributed by atoms with van der Waals surface area (Å²) in [6.07, 6.45) is 106. The first-order valence-corrected chi connectivity index (χ1v) is 47.1. The molecule has 16 nitrogen and oxygen atoms in total. The average Bonchev–Trinajstić information content (AvgIpc) is 0.971. The topological polar surface area (TPSA) is 231 Å². The summed E-state index contributed by atoms with van der Waals surface area (Å²) in [5, 5.41) is 20.7. The highest BCUT2D eigenvalue weighted by atomic mass is 31.2. The van der Waals surface area contributed by atoms with Gasteiger partial charge >= 0.3 is 33.6 Å². The van der Waals surface area contributed by atoms with Gasteiger partial charge in [-0.1, -0.05) is 346 Å². The van der Waals surface area contributed by atoms with Gasteiger partial charge in [0.25, 0.3) is 0 Å². The molecule has 18 heteroatoms. The molecule has 0 rings (SSSR count). The highest BCUT2D eigenvalue weighted by molar-refractivity contribution is 7.47. The largest absolute Gasteiger partial charge is 0.472 e. The zero-order chi connectivity index (χ0) is 80.8. The van der Waals surface area contributed by atoms with Gasteiger partial charge in [-0.25, -0.2) is 9.13 Å². The Hall–Kier alpha value is -4.57. The first-order valence-electron chi connectivity index (χ1n) is 44.1. The second-order valence-electron chi connectivity index (χ2n) is 29.3. The van der Waals surface area contributed by atoms with Gasteiger partial charge in [-0.2, -0.15) is 0 Å². The van der Waals surface area contributed by atoms with E-state index in [0.717, 1.165) is 154 Å². The van der Waals surface area contributed by atoms with Crippen molar-refractivity contribution in [3.8, 4) is 0 Å². The molecule has 0 saturated carbocycles. The van der Waals surface area contributed by atoms with E-state index in [1.165, 1.54) is 154 Å². The average molecular weight is 1600 g/mol. The van der Waals surface area contributed by atoms with Crippen LogP contribution in [0.2, 0.25) is 0 Å². The number of esters is 3. The Kier molecular flexibility index (Phi) is 81.3. The number of ether oxygens (including phenoxy) is 3. The van der Waals surface area contributed by atoms with Crippen LogP contribution < -0.4 is 0 Å². The number of hydrogen-bond donors (Lipinski definition) is 4. The Balaban J connectivity index is 4.50. The number of carbonyl (C=O) groups excluding carboxylic acids is 3. The zero-order valence-corrected chi connectivity index (χ0v) is 71.9. The lowest BCUT2D eigenvalue weighted by atomic mass is 10.0. The molecule has 0 aromatic rings. The molecule has 0 aromatic carbocycles. The molecule has 0 aliphatic rings. The second kappa shape index (κ2) is 84.8. The number of phosphoric ester groups is 2. The number of allylic oxidation sites excluding steroid dienone is 24. The Morgan fingerprint density at radius 3 is 0.757 bits per heavy atom. The van der Waals surface area contributed by atoms with Crippen LogP contribution in [-0.2, 0) is 55.8 Å². The number of aliphatic hydroxyl groups is 2. The van der Waals surface area contributed by atoms with Crippen molar-refractivity contribution in [2.24, 2.45) is 0 Å². The maximum absolute atomic E-state index is 13.0. The minimum Gasteiger partial charge on any atom is -0.463 e. The molecular formula is C93H160O16P2. The molecule has 111 heavy (non-hydrogen) atoms. The molecule has 5 unspecified atom stereocenters. The molecule has 0 fully saturated rings. The van der Waals surface area contributed by atoms with Gasteiger partial charge in [0, 0.05) is 19.3 Å². The minimum absolute atomic E-state index is 0.0851. The van der Waals surface area contributed by atoms with Crippen molar-refractivity contribution in [3.05, 3.63) is 146 Å². The third kappa shape index (κ3) is 86.1. The van der Waals surface area contributed by atoms with Gasteiger partial charge in [-0.3, -0.25) is 32.5 Å². The third-order valence-corrected chi connectivity index (χ3v) is 20.4. The molecule has 0 bridgehead atoms. The van der Waals surface area contributed by atoms with Crippen LogP contribution in [0.1, 0.15) is 367 Å². The summed E-state index contributed by atoms with van der Waals surface area (Å²) in [6, 6.07) is 0. The molecule has 5 atom stereocenters. The smallest absolute Gasteiger partial charge is 0.463 e. The molecule has 638 valence electrons. The van der Waals surface area contributed by atoms with Crippen molar-refractivity contribution in [1.82, 2.24) is 0 Å². The molecule has 0 saturated heterocycles. The molecule has 0 aromatic heterocycles. The van der Waals surface area contributed by atoms with Crippen LogP contribution in [0.3, 0.4) is 0 Å². The standard InChI is InChI=1S/C93H160O16P2/c1-4-7-10-13-16-19-22-25-28-30-32-34-36-38-40-42-43-45-47-48-50-52-54-56-59-61-64-67-70-73-76-79-91(96)103-82-88(94)83-105-110(99,100)106-84-89(95)85-107-111(101,102)108-87-90(109-93(98)81-78-75-72-69-66-63-58-27-24-21-18-15-12-9-6-3)86-104-92(97)80-77-74-71-68-65-62-60-57-55-53-51-49-46-44-41-39-37-35-33-31-29-26-23-20-17-14-11-8-5-2/h8,11,16-21,25-29,32-35,38-41,46,49,58,88-90,94-95H,4-7,9-10,12-15,22-24,30-31,36-37,42-45,47-48,50-57,59-87H2,1-3H3,(H,99,100)(H,101,102)/b11-8-,19-16-,20-17-,21-18-,28-25-,29-26-,34-32-,35-33-,40-38-,41-39-,49-46-,58-27-. The van der Waals surface area contributed by atoms with Crippen molar-refractivity contribution in [2.75, 3.05) is 39.6 Å². The normalized spacial score (nSPS) is 14.5. The predicted octanol–water partition coefficient (Wildman–Crippen LogP) is 26.8. The first-order chi connectivity index (χ1) is 54.2. The van der Waals surface area contributed by atoms with Gasteiger partial charge in [0.15, 0.2) is 6.10 Å². The number of phosphoric acid groups is 2. The molecule has 0 amide bonds. The number of hydrogen-bond acceptors (Lipinski definition) is 14. The summed E-state index contributed by atoms with van der Waals surface area (Å²) < 4.78 is 61.3. The highest BCUT2D eigenvalue weighted by Gasteiger charge is 2.29. The van der Waals surface area contributed by atoms with Gasteiger partial charge in [0.2, 0.25) is 0 Å². The Morgan fingerprint density at radius 1 is 0.261 bits per heavy atom. The quantitative estimate of drug-likeness (QED) is 0.0146. The second-order valence-corrected chi connectivity index (χ2v) is 32.2. The van der Waals surface area contributed by atoms with Crippen molar-refractivity contribution in [3.63, 3.8) is 0 Å². The van der Waals surface area contributed by atoms with Gasteiger partial charge in [-0.15, -0.1) is 0 Å². The number of unbranched alkanes of at least 4 members (excludes halogenated alkanes) is 36. The van der Waals surface area contributed by atoms with Gasteiger partial charge in [-0.05, 0) is 148 Å². The zero-order valence-electron chi connectivity index (χ0n) is 70.1. The number of aliphatic hydroxyl groups excluding tert-OH is 2. The van der Waals surface area contributed by atoms with E-state index in [-0.39, 0.29) is 19.3 Å². The van der Waals surface area contributed by atoms with E-state index in [2.05, 4.69) is 167 Å². The Morgan fingerprint density at radius 2 is 0.477 bits per heavy atom. The lowest BCUT2D eigenvalue weighted by Gasteiger charge is -2.21. The van der Waals surface area contributed by atoms with E-state index in [4.69, 9.17) is 32.3 Å². The van der Waals surface area contributed by atoms with E-state index in [1.54, 1.807) is 0 Å². The van der Waals surface area contributed by atoms with Gasteiger partial charge < -0.3 is 34.2 Å². The molecule has 0 aliphatic heterocycles. The van der Waals surface area contributed by atoms with Crippen LogP contribution in [-0.4, -0.2) is 95.9 Å². The summed E-state index contributed by atoms with van der Waals surface area (Å²) in [6.45, 7) is 2.53. The van der Waals surface area contributed by atoms with Crippen LogP contribution in [0, 0.1) is 0 Å². The molecule has 4 N–H and O–H groups in total. The van der Waals surface area contributed by atoms with E-state index in [9.17, 15) is 43.5 Å². The summed E-state index contributed by atoms with van der Waals surface area (Å²) in [7, 11) is -9.80. The van der Waals surface area contributed by atoms with E-state index in [1.807, 2.05) is 0 Å². The van der Waals surface area contributed by atoms with Gasteiger partial charge in [0.05, 0.1) is 26.4 Å². The summed E-state index contributed by atoms with van der Waals surface area (Å²) >= 11 is 0. The van der Waals surface area contributed by atoms with Crippen molar-refractivity contribution < 1.29 is 75.8 Å². The van der Waals surface area contributed by atoms with Crippen LogP contribution in [0.5, 0.6) is 0 Å². The van der Waals surface area contributed by atoms with Crippen molar-refractivity contribution in [2.45, 2.75) is 386 Å². The fourth-order valence-corrected chi connectivity index (χ4v) is 13.4. The van der Waals surface area contributed by atoms with Crippen LogP contribution in [0.25, 0.3) is 0 Å². The van der Waals surface area contributed by atoms with Crippen LogP contribution >= 0.6 is 15.6 Å². The molecular weight excluding hydrogens is 1430 g/mol. The fraction of sp³-hybridized carbons (Fsp3) is 0.710. The van der Waals surface area contributed by atoms with Gasteiger partial charge in [0.1, 0.15) is 25.4 Å². The van der Waals surface area contributed by atoms with Crippen LogP contribution in [0.15, 0.2) is 146 Å². The Labute approximate surface area is 677 Å². The SMILES string of the molecule is CC/C=C\C/C=C\C/C=C\C/C=C\C/C=C\C/C=C\CCCCCCCCCCCCC(=O)OCC(COP(=O)(O)OCC(O)COP(=O)(O)OCC(O)COC(=O)CCCCCCCCCCCCCCCCC/C=C\C/C=C\C/C=C\C/C=C\CCCCC)OC(=O)CCCCCCC/C=C\C/C=C\CCCCC. The third-order valence-electron chi connectivity index (χ3n) is 18.5. The monoisotopic (exact) mass is 1600 g/mol. The van der Waals surface area contributed by atoms with Crippen LogP contribution in [0.4, 0.5) is 0 Å². The predicted molar refractivity (Wildman–Crippen MR) is 463 cm³/mol. The Bertz CT molecular complexity index is 2600. The lowest BCUT2D eigenvalue weighted by Crippen LogP contribution is -2.30. The highest BCUT2D eigenvalue weighted by Crippen LogP contribution is 2.45. The van der Waals surface area contributed by atoms with E-state index >= 15 is 0 Å². The summed E-state index contributed by atoms with van der Waals surface area (Å²) in [5.74, 6) is -1.59. The summed E-state index contributed by atoms with van der Waals surface area (Å²) in [4.78, 5) is 58.8. The fourth-order valence-electron chi connectivity index (χ4n) is 11.8. The molecule has 0 heterocycles. The molecule has 0 aliphatic carbocycles. The minimum atomic E-state index is -4.94. The molecule has 0 spiro atoms. The maximum atomic E-state index is 13.0. The van der Waals surface area contributed by atoms with Crippen molar-refractivity contribution >= 4 is 33.6 Å².